The van der Waals surface area contributed by atoms with Crippen LogP contribution >= 0.6 is 0 Å². The van der Waals surface area contributed by atoms with Gasteiger partial charge in [-0.15, -0.1) is 0 Å². The number of hydrogen-bond acceptors (Lipinski definition) is 17. The molecule has 3 aromatic heterocycles. The van der Waals surface area contributed by atoms with Crippen LogP contribution in [-0.2, 0) is 38.1 Å². The number of fused-ring (bicyclic) bond motifs is 11. The zero-order valence-electron chi connectivity index (χ0n) is 48.2. The second kappa shape index (κ2) is 17.9. The summed E-state index contributed by atoms with van der Waals surface area (Å²) in [5.74, 6) is -1.39. The second-order valence-electron chi connectivity index (χ2n) is 25.1. The van der Waals surface area contributed by atoms with Gasteiger partial charge in [0.15, 0.2) is 12.2 Å². The third kappa shape index (κ3) is 7.71. The summed E-state index contributed by atoms with van der Waals surface area (Å²) in [6, 6.07) is 12.1. The SMILES string of the molecule is Cc1c(C)c2ccc(O)cc2oc1=O.Cc1c(C)c2ccc3c(c2oc1=O)C(OC(=O)C12CCC(C)(C(=O)O1)C2(C)C)C(OC(=O)C12CCC(C)(C(=O)O1)C2(C)C)C(C)(C)O3.Cc1c(C)c2ccc3c(c2oc1=O)C=CC(C)(C)O3. The third-order valence-corrected chi connectivity index (χ3v) is 19.6. The summed E-state index contributed by atoms with van der Waals surface area (Å²) >= 11 is 0. The van der Waals surface area contributed by atoms with E-state index in [1.807, 2.05) is 79.7 Å². The Morgan fingerprint density at radius 3 is 1.50 bits per heavy atom. The molecular formula is C63H68O17. The van der Waals surface area contributed by atoms with Crippen LogP contribution < -0.4 is 26.4 Å². The van der Waals surface area contributed by atoms with Crippen LogP contribution in [0.4, 0.5) is 0 Å². The fourth-order valence-corrected chi connectivity index (χ4v) is 12.7. The van der Waals surface area contributed by atoms with Crippen LogP contribution in [0.15, 0.2) is 76.2 Å². The topological polar surface area (TPSA) is 235 Å². The summed E-state index contributed by atoms with van der Waals surface area (Å²) < 4.78 is 53.1. The van der Waals surface area contributed by atoms with E-state index in [-0.39, 0.29) is 52.3 Å². The van der Waals surface area contributed by atoms with Gasteiger partial charge in [-0.25, -0.2) is 24.0 Å². The van der Waals surface area contributed by atoms with E-state index in [4.69, 9.17) is 41.7 Å². The molecule has 2 aliphatic carbocycles. The number of phenolic OH excluding ortho intramolecular Hbond substituents is 1. The normalized spacial score (nSPS) is 27.4. The molecule has 0 amide bonds. The predicted octanol–water partition coefficient (Wildman–Crippen LogP) is 11.0. The van der Waals surface area contributed by atoms with Crippen molar-refractivity contribution in [3.05, 3.63) is 124 Å². The highest BCUT2D eigenvalue weighted by Crippen LogP contribution is 2.68. The smallest absolute Gasteiger partial charge is 0.351 e. The molecule has 7 heterocycles. The first-order valence-corrected chi connectivity index (χ1v) is 26.9. The minimum Gasteiger partial charge on any atom is -0.508 e. The van der Waals surface area contributed by atoms with Gasteiger partial charge in [0.2, 0.25) is 11.2 Å². The van der Waals surface area contributed by atoms with Gasteiger partial charge in [0, 0.05) is 49.7 Å². The number of benzene rings is 3. The number of rotatable bonds is 4. The monoisotopic (exact) mass is 1100 g/mol. The lowest BCUT2D eigenvalue weighted by molar-refractivity contribution is -0.217. The van der Waals surface area contributed by atoms with Gasteiger partial charge in [-0.3, -0.25) is 9.59 Å². The largest absolute Gasteiger partial charge is 0.508 e. The second-order valence-corrected chi connectivity index (χ2v) is 25.1. The Morgan fingerprint density at radius 1 is 0.525 bits per heavy atom. The van der Waals surface area contributed by atoms with Crippen molar-refractivity contribution in [2.45, 2.75) is 171 Å². The van der Waals surface area contributed by atoms with Crippen LogP contribution in [0.3, 0.4) is 0 Å². The summed E-state index contributed by atoms with van der Waals surface area (Å²) in [4.78, 5) is 91.2. The molecule has 6 aliphatic rings. The van der Waals surface area contributed by atoms with Crippen molar-refractivity contribution in [3.8, 4) is 17.2 Å². The average Bonchev–Trinajstić information content (AvgIpc) is 4.09. The minimum absolute atomic E-state index is 0.101. The maximum Gasteiger partial charge on any atom is 0.351 e. The van der Waals surface area contributed by atoms with Crippen molar-refractivity contribution in [1.29, 1.82) is 0 Å². The Bertz CT molecular complexity index is 3940. The van der Waals surface area contributed by atoms with Crippen LogP contribution in [0.1, 0.15) is 146 Å². The molecule has 17 heteroatoms. The molecule has 2 saturated carbocycles. The van der Waals surface area contributed by atoms with Gasteiger partial charge in [-0.1, -0.05) is 27.7 Å². The van der Waals surface area contributed by atoms with Gasteiger partial charge in [0.1, 0.15) is 45.2 Å². The summed E-state index contributed by atoms with van der Waals surface area (Å²) in [7, 11) is 0. The van der Waals surface area contributed by atoms with Crippen LogP contribution in [0.25, 0.3) is 39.0 Å². The molecule has 422 valence electrons. The van der Waals surface area contributed by atoms with Crippen molar-refractivity contribution < 1.29 is 66.0 Å². The molecule has 3 aromatic carbocycles. The molecule has 12 rings (SSSR count). The van der Waals surface area contributed by atoms with Crippen molar-refractivity contribution in [2.24, 2.45) is 21.7 Å². The fourth-order valence-electron chi connectivity index (χ4n) is 12.7. The van der Waals surface area contributed by atoms with Crippen LogP contribution in [0, 0.1) is 63.2 Å². The first-order valence-electron chi connectivity index (χ1n) is 26.9. The van der Waals surface area contributed by atoms with E-state index in [1.54, 1.807) is 79.7 Å². The highest BCUT2D eigenvalue weighted by atomic mass is 16.7. The summed E-state index contributed by atoms with van der Waals surface area (Å²) in [6.07, 6.45) is 2.67. The van der Waals surface area contributed by atoms with Crippen molar-refractivity contribution in [1.82, 2.24) is 0 Å². The zero-order chi connectivity index (χ0) is 58.6. The Kier molecular flexibility index (Phi) is 12.4. The van der Waals surface area contributed by atoms with E-state index >= 15 is 0 Å². The molecule has 80 heavy (non-hydrogen) atoms. The molecule has 6 aromatic rings. The van der Waals surface area contributed by atoms with Gasteiger partial charge in [-0.2, -0.15) is 0 Å². The highest BCUT2D eigenvalue weighted by Gasteiger charge is 2.78. The quantitative estimate of drug-likeness (QED) is 0.0981. The van der Waals surface area contributed by atoms with Crippen LogP contribution in [0.2, 0.25) is 0 Å². The number of aromatic hydroxyl groups is 1. The van der Waals surface area contributed by atoms with Gasteiger partial charge >= 0.3 is 40.8 Å². The van der Waals surface area contributed by atoms with Crippen LogP contribution in [-0.4, -0.2) is 57.5 Å². The molecule has 17 nitrogen and oxygen atoms in total. The fraction of sp³-hybridized carbons (Fsp3) is 0.476. The molecule has 6 unspecified atom stereocenters. The summed E-state index contributed by atoms with van der Waals surface area (Å²) in [6.45, 7) is 29.0. The van der Waals surface area contributed by atoms with Gasteiger partial charge in [0.05, 0.1) is 22.0 Å². The average molecular weight is 1100 g/mol. The van der Waals surface area contributed by atoms with Gasteiger partial charge in [0.25, 0.3) is 0 Å². The molecule has 6 atom stereocenters. The number of phenols is 1. The maximum absolute atomic E-state index is 14.5. The van der Waals surface area contributed by atoms with E-state index in [1.165, 1.54) is 6.07 Å². The molecule has 0 spiro atoms. The zero-order valence-corrected chi connectivity index (χ0v) is 48.2. The lowest BCUT2D eigenvalue weighted by atomic mass is 9.66. The number of hydrogen-bond donors (Lipinski definition) is 1. The molecule has 0 radical (unpaired) electrons. The minimum atomic E-state index is -1.59. The number of esters is 4. The van der Waals surface area contributed by atoms with Gasteiger partial charge < -0.3 is 46.8 Å². The lowest BCUT2D eigenvalue weighted by Crippen LogP contribution is -2.57. The van der Waals surface area contributed by atoms with E-state index in [9.17, 15) is 38.7 Å². The van der Waals surface area contributed by atoms with E-state index in [0.29, 0.717) is 51.6 Å². The van der Waals surface area contributed by atoms with Crippen molar-refractivity contribution >= 4 is 62.9 Å². The Hall–Kier alpha value is -7.69. The third-order valence-electron chi connectivity index (χ3n) is 19.6. The molecule has 1 N–H and O–H groups in total. The van der Waals surface area contributed by atoms with Crippen molar-refractivity contribution in [2.75, 3.05) is 0 Å². The molecule has 2 saturated heterocycles. The number of carbonyl (C=O) groups excluding carboxylic acids is 4. The van der Waals surface area contributed by atoms with E-state index < -0.39 is 80.2 Å². The van der Waals surface area contributed by atoms with E-state index in [0.717, 1.165) is 33.2 Å². The predicted molar refractivity (Wildman–Crippen MR) is 295 cm³/mol. The Balaban J connectivity index is 0.000000176. The molecule has 4 fully saturated rings. The first-order chi connectivity index (χ1) is 37.1. The van der Waals surface area contributed by atoms with Crippen molar-refractivity contribution in [3.63, 3.8) is 0 Å². The molecule has 4 aliphatic heterocycles. The highest BCUT2D eigenvalue weighted by molar-refractivity contribution is 5.96. The number of ether oxygens (including phenoxy) is 6. The van der Waals surface area contributed by atoms with E-state index in [2.05, 4.69) is 0 Å². The maximum atomic E-state index is 14.5. The Labute approximate surface area is 461 Å². The lowest BCUT2D eigenvalue weighted by Gasteiger charge is -2.45. The standard InChI is InChI=1S/C36H42O11.C16H16O3.C11H10O3/c1-17-18(2)25(37)42-22-19(17)11-12-20-21(22)23(43-28(40)35-15-13-33(9,26(38)46-35)31(35,5)6)24(30(3,4)45-20)44-29(41)36-16-14-34(10,27(39)47-36)32(36,7)8;1-9-10(2)15(17)18-14-11(9)5-6-13-12(14)7-8-16(3,4)19-13;1-6-7(2)11(13)14-10-5-8(12)3-4-9(6)10/h11-12,23-24H,13-16H2,1-10H3;5-8H,1-4H3;3-5,12H,1-2H3. The molecule has 4 bridgehead atoms. The summed E-state index contributed by atoms with van der Waals surface area (Å²) in [5.41, 5.74) is -3.15. The number of aryl methyl sites for hydroxylation is 3. The van der Waals surface area contributed by atoms with Crippen LogP contribution in [0.5, 0.6) is 17.2 Å². The first kappa shape index (κ1) is 55.6. The number of carbonyl (C=O) groups is 4. The Morgan fingerprint density at radius 2 is 0.988 bits per heavy atom. The van der Waals surface area contributed by atoms with Gasteiger partial charge in [-0.05, 0) is 174 Å². The molecular weight excluding hydrogens is 1030 g/mol. The summed E-state index contributed by atoms with van der Waals surface area (Å²) in [5, 5.41) is 11.6.